The molecule has 1 saturated carbocycles. The highest BCUT2D eigenvalue weighted by Crippen LogP contribution is 2.42. The molecule has 10 heteroatoms. The van der Waals surface area contributed by atoms with Crippen LogP contribution in [0.5, 0.6) is 0 Å². The number of nitrogens with two attached hydrogens (primary N) is 1. The zero-order valence-electron chi connectivity index (χ0n) is 17.8. The number of alkyl halides is 3. The summed E-state index contributed by atoms with van der Waals surface area (Å²) in [5, 5.41) is 0. The van der Waals surface area contributed by atoms with E-state index in [1.807, 2.05) is 6.92 Å². The summed E-state index contributed by atoms with van der Waals surface area (Å²) in [6.45, 7) is 2.47. The third kappa shape index (κ3) is 4.90. The molecule has 1 heterocycles. The van der Waals surface area contributed by atoms with Crippen molar-refractivity contribution >= 4 is 15.9 Å². The molecule has 1 aromatic rings. The fraction of sp³-hybridized carbons (Fsp3) is 0.667. The van der Waals surface area contributed by atoms with Crippen LogP contribution in [-0.4, -0.2) is 55.8 Å². The summed E-state index contributed by atoms with van der Waals surface area (Å²) in [6.07, 6.45) is -0.656. The van der Waals surface area contributed by atoms with Crippen molar-refractivity contribution < 1.29 is 26.4 Å². The van der Waals surface area contributed by atoms with Crippen molar-refractivity contribution in [1.29, 1.82) is 0 Å². The Bertz CT molecular complexity index is 907. The number of sulfonamides is 1. The van der Waals surface area contributed by atoms with E-state index in [0.717, 1.165) is 37.8 Å². The summed E-state index contributed by atoms with van der Waals surface area (Å²) in [7, 11) is -2.34. The summed E-state index contributed by atoms with van der Waals surface area (Å²) in [6, 6.07) is 3.15. The molecule has 31 heavy (non-hydrogen) atoms. The molecule has 1 amide bonds. The van der Waals surface area contributed by atoms with Crippen LogP contribution < -0.4 is 5.73 Å². The van der Waals surface area contributed by atoms with Crippen LogP contribution in [-0.2, 0) is 21.0 Å². The van der Waals surface area contributed by atoms with Gasteiger partial charge in [-0.1, -0.05) is 25.8 Å². The lowest BCUT2D eigenvalue weighted by atomic mass is 9.96. The van der Waals surface area contributed by atoms with Gasteiger partial charge in [-0.15, -0.1) is 0 Å². The third-order valence-corrected chi connectivity index (χ3v) is 8.44. The largest absolute Gasteiger partial charge is 0.416 e. The van der Waals surface area contributed by atoms with Crippen LogP contribution in [0.1, 0.15) is 44.6 Å². The number of rotatable bonds is 7. The molecule has 0 unspecified atom stereocenters. The van der Waals surface area contributed by atoms with Crippen molar-refractivity contribution in [3.63, 3.8) is 0 Å². The molecule has 0 spiro atoms. The van der Waals surface area contributed by atoms with Gasteiger partial charge >= 0.3 is 6.18 Å². The number of amides is 1. The summed E-state index contributed by atoms with van der Waals surface area (Å²) in [4.78, 5) is 14.0. The van der Waals surface area contributed by atoms with Crippen LogP contribution in [0.2, 0.25) is 0 Å². The summed E-state index contributed by atoms with van der Waals surface area (Å²) in [5.41, 5.74) is 5.05. The minimum absolute atomic E-state index is 0.0482. The van der Waals surface area contributed by atoms with Gasteiger partial charge in [-0.25, -0.2) is 8.42 Å². The number of hydrogen-bond donors (Lipinski definition) is 1. The SMILES string of the molecule is CCCC[C@H](N)C(=O)N(C)[C@H]1CC[C@@H]2CN(S(=O)(=O)c3cccc(C(F)(F)F)c3)C[C@@H]21. The van der Waals surface area contributed by atoms with E-state index >= 15 is 0 Å². The lowest BCUT2D eigenvalue weighted by molar-refractivity contribution is -0.137. The predicted octanol–water partition coefficient (Wildman–Crippen LogP) is 3.08. The highest BCUT2D eigenvalue weighted by molar-refractivity contribution is 7.89. The molecule has 0 aromatic heterocycles. The number of nitrogens with zero attached hydrogens (tertiary/aromatic N) is 2. The number of fused-ring (bicyclic) bond motifs is 1. The minimum Gasteiger partial charge on any atom is -0.341 e. The van der Waals surface area contributed by atoms with Crippen molar-refractivity contribution in [1.82, 2.24) is 9.21 Å². The fourth-order valence-corrected chi connectivity index (χ4v) is 6.41. The monoisotopic (exact) mass is 461 g/mol. The summed E-state index contributed by atoms with van der Waals surface area (Å²) < 4.78 is 66.4. The van der Waals surface area contributed by atoms with E-state index in [9.17, 15) is 26.4 Å². The van der Waals surface area contributed by atoms with E-state index in [1.165, 1.54) is 10.4 Å². The van der Waals surface area contributed by atoms with Gasteiger partial charge in [0.05, 0.1) is 16.5 Å². The molecule has 1 aliphatic heterocycles. The zero-order chi connectivity index (χ0) is 23.0. The second kappa shape index (κ2) is 9.07. The second-order valence-corrected chi connectivity index (χ2v) is 10.6. The number of benzene rings is 1. The van der Waals surface area contributed by atoms with Crippen LogP contribution in [0.4, 0.5) is 13.2 Å². The van der Waals surface area contributed by atoms with Gasteiger partial charge in [0.1, 0.15) is 0 Å². The molecule has 2 fully saturated rings. The molecule has 4 atom stereocenters. The van der Waals surface area contributed by atoms with Crippen molar-refractivity contribution in [2.24, 2.45) is 17.6 Å². The van der Waals surface area contributed by atoms with Crippen LogP contribution in [0.25, 0.3) is 0 Å². The van der Waals surface area contributed by atoms with Gasteiger partial charge in [0.2, 0.25) is 15.9 Å². The molecular weight excluding hydrogens is 431 g/mol. The molecule has 6 nitrogen and oxygen atoms in total. The second-order valence-electron chi connectivity index (χ2n) is 8.61. The predicted molar refractivity (Wildman–Crippen MR) is 110 cm³/mol. The van der Waals surface area contributed by atoms with Gasteiger partial charge < -0.3 is 10.6 Å². The van der Waals surface area contributed by atoms with Crippen LogP contribution >= 0.6 is 0 Å². The van der Waals surface area contributed by atoms with Gasteiger partial charge in [0.25, 0.3) is 0 Å². The molecular formula is C21H30F3N3O3S. The minimum atomic E-state index is -4.61. The number of unbranched alkanes of at least 4 members (excludes halogenated alkanes) is 1. The lowest BCUT2D eigenvalue weighted by Gasteiger charge is -2.31. The molecule has 3 rings (SSSR count). The van der Waals surface area contributed by atoms with Crippen molar-refractivity contribution in [2.75, 3.05) is 20.1 Å². The van der Waals surface area contributed by atoms with Crippen LogP contribution in [0.3, 0.4) is 0 Å². The molecule has 2 aliphatic rings. The number of likely N-dealkylation sites (N-methyl/N-ethyl adjacent to an activating group) is 1. The van der Waals surface area contributed by atoms with E-state index in [4.69, 9.17) is 5.73 Å². The van der Waals surface area contributed by atoms with Gasteiger partial charge in [-0.3, -0.25) is 4.79 Å². The smallest absolute Gasteiger partial charge is 0.341 e. The lowest BCUT2D eigenvalue weighted by Crippen LogP contribution is -2.48. The molecule has 1 aromatic carbocycles. The van der Waals surface area contributed by atoms with Gasteiger partial charge in [0, 0.05) is 26.2 Å². The summed E-state index contributed by atoms with van der Waals surface area (Å²) in [5.74, 6) is -0.112. The molecule has 0 radical (unpaired) electrons. The number of carbonyl (C=O) groups is 1. The maximum Gasteiger partial charge on any atom is 0.416 e. The Labute approximate surface area is 181 Å². The number of hydrogen-bond acceptors (Lipinski definition) is 4. The van der Waals surface area contributed by atoms with E-state index in [1.54, 1.807) is 11.9 Å². The Morgan fingerprint density at radius 2 is 2.00 bits per heavy atom. The van der Waals surface area contributed by atoms with Crippen molar-refractivity contribution in [3.8, 4) is 0 Å². The zero-order valence-corrected chi connectivity index (χ0v) is 18.6. The Morgan fingerprint density at radius 3 is 2.65 bits per heavy atom. The van der Waals surface area contributed by atoms with E-state index in [0.29, 0.717) is 12.5 Å². The maximum atomic E-state index is 13.0. The molecule has 1 saturated heterocycles. The Hall–Kier alpha value is -1.65. The third-order valence-electron chi connectivity index (χ3n) is 6.62. The van der Waals surface area contributed by atoms with Gasteiger partial charge in [0.15, 0.2) is 0 Å². The Morgan fingerprint density at radius 1 is 1.29 bits per heavy atom. The van der Waals surface area contributed by atoms with E-state index in [-0.39, 0.29) is 41.8 Å². The first-order chi connectivity index (χ1) is 14.5. The van der Waals surface area contributed by atoms with Gasteiger partial charge in [-0.2, -0.15) is 17.5 Å². The number of carbonyl (C=O) groups excluding carboxylic acids is 1. The molecule has 2 N–H and O–H groups in total. The number of halogens is 3. The first kappa shape index (κ1) is 24.0. The Balaban J connectivity index is 1.74. The average molecular weight is 462 g/mol. The average Bonchev–Trinajstić information content (AvgIpc) is 3.31. The first-order valence-corrected chi connectivity index (χ1v) is 12.1. The van der Waals surface area contributed by atoms with Crippen molar-refractivity contribution in [3.05, 3.63) is 29.8 Å². The van der Waals surface area contributed by atoms with E-state index < -0.39 is 27.8 Å². The topological polar surface area (TPSA) is 83.7 Å². The fourth-order valence-electron chi connectivity index (χ4n) is 4.83. The van der Waals surface area contributed by atoms with Crippen LogP contribution in [0.15, 0.2) is 29.2 Å². The Kier molecular flexibility index (Phi) is 7.02. The molecule has 1 aliphatic carbocycles. The highest BCUT2D eigenvalue weighted by Gasteiger charge is 2.48. The summed E-state index contributed by atoms with van der Waals surface area (Å²) >= 11 is 0. The van der Waals surface area contributed by atoms with E-state index in [2.05, 4.69) is 0 Å². The molecule has 0 bridgehead atoms. The normalized spacial score (nSPS) is 25.4. The van der Waals surface area contributed by atoms with Gasteiger partial charge in [-0.05, 0) is 49.3 Å². The molecule has 174 valence electrons. The standard InChI is InChI=1S/C21H30F3N3O3S/c1-3-4-8-18(25)20(28)26(2)19-10-9-14-12-27(13-17(14)19)31(29,30)16-7-5-6-15(11-16)21(22,23)24/h5-7,11,14,17-19H,3-4,8-10,12-13,25H2,1-2H3/t14-,17+,18+,19+/m1/s1. The highest BCUT2D eigenvalue weighted by atomic mass is 32.2. The van der Waals surface area contributed by atoms with Crippen LogP contribution in [0, 0.1) is 11.8 Å². The first-order valence-electron chi connectivity index (χ1n) is 10.7. The van der Waals surface area contributed by atoms with Crippen molar-refractivity contribution in [2.45, 2.75) is 62.2 Å². The maximum absolute atomic E-state index is 13.0. The quantitative estimate of drug-likeness (QED) is 0.677.